The van der Waals surface area contributed by atoms with E-state index < -0.39 is 34.6 Å². The van der Waals surface area contributed by atoms with Gasteiger partial charge in [0.05, 0.1) is 28.6 Å². The van der Waals surface area contributed by atoms with Gasteiger partial charge in [0.15, 0.2) is 0 Å². The van der Waals surface area contributed by atoms with Crippen LogP contribution >= 0.6 is 11.6 Å². The molecule has 1 heterocycles. The van der Waals surface area contributed by atoms with Crippen LogP contribution in [0.2, 0.25) is 5.02 Å². The molecule has 0 aliphatic carbocycles. The molecular weight excluding hydrogens is 563 g/mol. The van der Waals surface area contributed by atoms with Crippen molar-refractivity contribution in [2.75, 3.05) is 13.7 Å². The Balaban J connectivity index is 2.00. The molecule has 10 heteroatoms. The lowest BCUT2D eigenvalue weighted by Gasteiger charge is -2.32. The average molecular weight is 601 g/mol. The number of hydrogen-bond donors (Lipinski definition) is 2. The highest BCUT2D eigenvalue weighted by Gasteiger charge is 2.34. The molecule has 0 spiro atoms. The van der Waals surface area contributed by atoms with Crippen LogP contribution in [-0.2, 0) is 36.8 Å². The molecule has 0 radical (unpaired) electrons. The van der Waals surface area contributed by atoms with Crippen molar-refractivity contribution in [3.8, 4) is 11.3 Å². The SMILES string of the molecule is COCC(C)(NC(=O)OCc1ccccc1)c1cc(-c2ccc(F)c(Cl)c2)nc(C(C)(O)CCC(=O)OC(C)(C)C)c1. The van der Waals surface area contributed by atoms with E-state index in [9.17, 15) is 19.1 Å². The Labute approximate surface area is 251 Å². The summed E-state index contributed by atoms with van der Waals surface area (Å²) in [6.45, 7) is 8.70. The van der Waals surface area contributed by atoms with E-state index in [2.05, 4.69) is 10.3 Å². The van der Waals surface area contributed by atoms with E-state index in [1.54, 1.807) is 46.8 Å². The van der Waals surface area contributed by atoms with Gasteiger partial charge in [-0.05, 0) is 82.5 Å². The fourth-order valence-corrected chi connectivity index (χ4v) is 4.44. The number of aromatic nitrogens is 1. The summed E-state index contributed by atoms with van der Waals surface area (Å²) in [5, 5.41) is 14.3. The maximum absolute atomic E-state index is 14.0. The number of amides is 1. The molecule has 226 valence electrons. The molecular formula is C32H38ClFN2O6. The Morgan fingerprint density at radius 1 is 1.02 bits per heavy atom. The Bertz CT molecular complexity index is 1390. The maximum atomic E-state index is 14.0. The molecule has 3 aromatic rings. The van der Waals surface area contributed by atoms with Crippen LogP contribution in [0, 0.1) is 5.82 Å². The lowest BCUT2D eigenvalue weighted by atomic mass is 9.87. The van der Waals surface area contributed by atoms with E-state index in [1.807, 2.05) is 30.3 Å². The average Bonchev–Trinajstić information content (AvgIpc) is 2.92. The van der Waals surface area contributed by atoms with Crippen LogP contribution in [0.25, 0.3) is 11.3 Å². The number of nitrogens with one attached hydrogen (secondary N) is 1. The summed E-state index contributed by atoms with van der Waals surface area (Å²) in [5.41, 5.74) is -0.960. The second-order valence-corrected chi connectivity index (χ2v) is 12.0. The molecule has 0 fully saturated rings. The van der Waals surface area contributed by atoms with E-state index in [0.29, 0.717) is 16.8 Å². The van der Waals surface area contributed by atoms with Gasteiger partial charge in [0.1, 0.15) is 23.6 Å². The lowest BCUT2D eigenvalue weighted by molar-refractivity contribution is -0.156. The predicted molar refractivity (Wildman–Crippen MR) is 158 cm³/mol. The fraction of sp³-hybridized carbons (Fsp3) is 0.406. The molecule has 0 saturated heterocycles. The van der Waals surface area contributed by atoms with Crippen LogP contribution in [0.5, 0.6) is 0 Å². The topological polar surface area (TPSA) is 107 Å². The van der Waals surface area contributed by atoms with Crippen molar-refractivity contribution in [2.45, 2.75) is 70.8 Å². The van der Waals surface area contributed by atoms with Crippen LogP contribution in [0.1, 0.15) is 64.3 Å². The number of ether oxygens (including phenoxy) is 3. The van der Waals surface area contributed by atoms with Gasteiger partial charge in [0.2, 0.25) is 0 Å². The third-order valence-corrected chi connectivity index (χ3v) is 6.78. The third-order valence-electron chi connectivity index (χ3n) is 6.49. The van der Waals surface area contributed by atoms with Crippen molar-refractivity contribution in [1.82, 2.24) is 10.3 Å². The van der Waals surface area contributed by atoms with Crippen molar-refractivity contribution in [3.05, 3.63) is 88.3 Å². The third kappa shape index (κ3) is 9.24. The Hall–Kier alpha value is -3.53. The summed E-state index contributed by atoms with van der Waals surface area (Å²) in [5.74, 6) is -1.05. The number of rotatable bonds is 11. The number of carbonyl (C=O) groups excluding carboxylic acids is 2. The van der Waals surface area contributed by atoms with Gasteiger partial charge in [-0.3, -0.25) is 4.79 Å². The molecule has 2 N–H and O–H groups in total. The van der Waals surface area contributed by atoms with Crippen LogP contribution in [0.3, 0.4) is 0 Å². The van der Waals surface area contributed by atoms with Gasteiger partial charge in [-0.25, -0.2) is 14.2 Å². The first-order valence-corrected chi connectivity index (χ1v) is 13.9. The van der Waals surface area contributed by atoms with Gasteiger partial charge in [0.25, 0.3) is 0 Å². The Morgan fingerprint density at radius 3 is 2.33 bits per heavy atom. The van der Waals surface area contributed by atoms with E-state index in [4.69, 9.17) is 25.8 Å². The Morgan fingerprint density at radius 2 is 1.71 bits per heavy atom. The molecule has 0 aliphatic rings. The molecule has 8 nitrogen and oxygen atoms in total. The standard InChI is InChI=1S/C32H38ClFN2O6/c1-30(2,3)42-28(37)14-15-32(5,39)27-18-23(17-26(35-27)22-12-13-25(34)24(33)16-22)31(4,20-40-6)36-29(38)41-19-21-10-8-7-9-11-21/h7-13,16-18,39H,14-15,19-20H2,1-6H3,(H,36,38). The number of nitrogens with zero attached hydrogens (tertiary/aromatic N) is 1. The first-order valence-electron chi connectivity index (χ1n) is 13.5. The quantitative estimate of drug-likeness (QED) is 0.237. The molecule has 0 saturated carbocycles. The molecule has 1 amide bonds. The fourth-order valence-electron chi connectivity index (χ4n) is 4.26. The first-order chi connectivity index (χ1) is 19.6. The van der Waals surface area contributed by atoms with Crippen molar-refractivity contribution < 1.29 is 33.3 Å². The summed E-state index contributed by atoms with van der Waals surface area (Å²) >= 11 is 6.07. The van der Waals surface area contributed by atoms with Crippen molar-refractivity contribution in [1.29, 1.82) is 0 Å². The van der Waals surface area contributed by atoms with Gasteiger partial charge in [-0.15, -0.1) is 0 Å². The number of benzene rings is 2. The zero-order chi connectivity index (χ0) is 31.1. The molecule has 1 aromatic heterocycles. The van der Waals surface area contributed by atoms with Gasteiger partial charge < -0.3 is 24.6 Å². The molecule has 0 bridgehead atoms. The number of alkyl carbamates (subject to hydrolysis) is 1. The molecule has 2 unspecified atom stereocenters. The van der Waals surface area contributed by atoms with Crippen molar-refractivity contribution in [3.63, 3.8) is 0 Å². The predicted octanol–water partition coefficient (Wildman–Crippen LogP) is 6.66. The second-order valence-electron chi connectivity index (χ2n) is 11.6. The smallest absolute Gasteiger partial charge is 0.408 e. The summed E-state index contributed by atoms with van der Waals surface area (Å²) in [6, 6.07) is 16.8. The molecule has 2 atom stereocenters. The monoisotopic (exact) mass is 600 g/mol. The number of carbonyl (C=O) groups is 2. The largest absolute Gasteiger partial charge is 0.460 e. The van der Waals surface area contributed by atoms with E-state index in [1.165, 1.54) is 25.3 Å². The minimum atomic E-state index is -1.58. The maximum Gasteiger partial charge on any atom is 0.408 e. The summed E-state index contributed by atoms with van der Waals surface area (Å²) < 4.78 is 30.3. The number of esters is 1. The van der Waals surface area contributed by atoms with Crippen LogP contribution in [0.4, 0.5) is 9.18 Å². The van der Waals surface area contributed by atoms with E-state index in [-0.39, 0.29) is 36.8 Å². The Kier molecular flexibility index (Phi) is 10.7. The van der Waals surface area contributed by atoms with Gasteiger partial charge in [-0.2, -0.15) is 0 Å². The van der Waals surface area contributed by atoms with E-state index >= 15 is 0 Å². The van der Waals surface area contributed by atoms with Crippen molar-refractivity contribution in [2.24, 2.45) is 0 Å². The zero-order valence-electron chi connectivity index (χ0n) is 24.8. The highest BCUT2D eigenvalue weighted by molar-refractivity contribution is 6.31. The van der Waals surface area contributed by atoms with Crippen LogP contribution in [0.15, 0.2) is 60.7 Å². The number of aliphatic hydroxyl groups is 1. The normalized spacial score (nSPS) is 14.4. The molecule has 0 aliphatic heterocycles. The molecule has 2 aromatic carbocycles. The lowest BCUT2D eigenvalue weighted by Crippen LogP contribution is -2.47. The number of methoxy groups -OCH3 is 1. The zero-order valence-corrected chi connectivity index (χ0v) is 25.5. The molecule has 3 rings (SSSR count). The molecule has 42 heavy (non-hydrogen) atoms. The summed E-state index contributed by atoms with van der Waals surface area (Å²) in [6.07, 6.45) is -0.733. The highest BCUT2D eigenvalue weighted by atomic mass is 35.5. The number of halogens is 2. The minimum Gasteiger partial charge on any atom is -0.460 e. The van der Waals surface area contributed by atoms with Gasteiger partial charge in [0, 0.05) is 19.1 Å². The summed E-state index contributed by atoms with van der Waals surface area (Å²) in [4.78, 5) is 30.0. The van der Waals surface area contributed by atoms with E-state index in [0.717, 1.165) is 5.56 Å². The van der Waals surface area contributed by atoms with Gasteiger partial charge in [-0.1, -0.05) is 41.9 Å². The highest BCUT2D eigenvalue weighted by Crippen LogP contribution is 2.34. The summed E-state index contributed by atoms with van der Waals surface area (Å²) in [7, 11) is 1.50. The number of pyridine rings is 1. The first kappa shape index (κ1) is 33.0. The second kappa shape index (κ2) is 13.6. The van der Waals surface area contributed by atoms with Crippen LogP contribution < -0.4 is 5.32 Å². The van der Waals surface area contributed by atoms with Crippen LogP contribution in [-0.4, -0.2) is 41.5 Å². The van der Waals surface area contributed by atoms with Crippen molar-refractivity contribution >= 4 is 23.7 Å². The van der Waals surface area contributed by atoms with Gasteiger partial charge >= 0.3 is 12.1 Å². The minimum absolute atomic E-state index is 0.00944. The number of hydrogen-bond acceptors (Lipinski definition) is 7.